The van der Waals surface area contributed by atoms with Crippen LogP contribution in [0, 0.1) is 5.92 Å². The van der Waals surface area contributed by atoms with E-state index in [1.165, 1.54) is 0 Å². The molecule has 1 aromatic rings. The molecular formula is C15H19BO4S. The molecule has 112 valence electrons. The Morgan fingerprint density at radius 1 is 1.24 bits per heavy atom. The van der Waals surface area contributed by atoms with E-state index in [2.05, 4.69) is 0 Å². The molecule has 0 saturated heterocycles. The molecule has 0 amide bonds. The summed E-state index contributed by atoms with van der Waals surface area (Å²) in [6.45, 7) is 0.582. The zero-order valence-electron chi connectivity index (χ0n) is 12.2. The molecule has 4 nitrogen and oxygen atoms in total. The summed E-state index contributed by atoms with van der Waals surface area (Å²) in [5, 5.41) is 0.0572. The number of para-hydroxylation sites is 1. The van der Waals surface area contributed by atoms with Crippen LogP contribution in [-0.4, -0.2) is 46.1 Å². The van der Waals surface area contributed by atoms with Gasteiger partial charge in [-0.3, -0.25) is 0 Å². The van der Waals surface area contributed by atoms with Crippen molar-refractivity contribution in [3.63, 3.8) is 0 Å². The van der Waals surface area contributed by atoms with E-state index in [0.717, 1.165) is 6.42 Å². The van der Waals surface area contributed by atoms with Crippen LogP contribution in [0.2, 0.25) is 5.82 Å². The minimum atomic E-state index is -0.327. The highest BCUT2D eigenvalue weighted by Crippen LogP contribution is 2.38. The van der Waals surface area contributed by atoms with E-state index < -0.39 is 0 Å². The summed E-state index contributed by atoms with van der Waals surface area (Å²) in [6.07, 6.45) is 0.286. The monoisotopic (exact) mass is 306 g/mol. The van der Waals surface area contributed by atoms with Gasteiger partial charge in [0.1, 0.15) is 11.9 Å². The van der Waals surface area contributed by atoms with Crippen LogP contribution in [0.25, 0.3) is 0 Å². The van der Waals surface area contributed by atoms with Crippen molar-refractivity contribution >= 4 is 25.3 Å². The average Bonchev–Trinajstić information content (AvgIpc) is 2.76. The van der Waals surface area contributed by atoms with Crippen molar-refractivity contribution in [2.45, 2.75) is 24.4 Å². The van der Waals surface area contributed by atoms with Gasteiger partial charge in [0.15, 0.2) is 0 Å². The Balaban J connectivity index is 1.95. The van der Waals surface area contributed by atoms with Gasteiger partial charge in [-0.25, -0.2) is 0 Å². The second-order valence-electron chi connectivity index (χ2n) is 5.06. The number of hydrogen-bond donors (Lipinski definition) is 0. The molecule has 0 heterocycles. The van der Waals surface area contributed by atoms with Crippen molar-refractivity contribution in [1.82, 2.24) is 0 Å². The lowest BCUT2D eigenvalue weighted by molar-refractivity contribution is -0.0281. The maximum Gasteiger partial charge on any atom is 0.358 e. The Morgan fingerprint density at radius 3 is 2.57 bits per heavy atom. The number of methoxy groups -OCH3 is 2. The molecule has 21 heavy (non-hydrogen) atoms. The lowest BCUT2D eigenvalue weighted by Crippen LogP contribution is -2.35. The lowest BCUT2D eigenvalue weighted by atomic mass is 9.83. The highest BCUT2D eigenvalue weighted by atomic mass is 32.1. The number of rotatable bonds is 5. The fraction of sp³-hybridized carbons (Fsp3) is 0.533. The standard InChI is InChI=1S/C15H19BO4S/c1-17-9-10-8-12(16)14(13(10)18-2)20-15(21)19-11-6-4-3-5-7-11/h3-7,10,12-14H,8-9H2,1-2H3/t10-,12-,13?,14?/m1/s1. The first-order valence-corrected chi connectivity index (χ1v) is 7.27. The highest BCUT2D eigenvalue weighted by molar-refractivity contribution is 7.79. The van der Waals surface area contributed by atoms with Crippen LogP contribution in [0.15, 0.2) is 30.3 Å². The minimum Gasteiger partial charge on any atom is -0.451 e. The van der Waals surface area contributed by atoms with Gasteiger partial charge < -0.3 is 18.9 Å². The molecule has 0 N–H and O–H groups in total. The molecule has 6 heteroatoms. The Bertz CT molecular complexity index is 456. The third kappa shape index (κ3) is 4.19. The van der Waals surface area contributed by atoms with E-state index in [9.17, 15) is 0 Å². The van der Waals surface area contributed by atoms with Gasteiger partial charge in [-0.05, 0) is 24.4 Å². The average molecular weight is 306 g/mol. The molecule has 1 aromatic carbocycles. The third-order valence-electron chi connectivity index (χ3n) is 3.61. The number of ether oxygens (including phenoxy) is 4. The predicted octanol–water partition coefficient (Wildman–Crippen LogP) is 2.37. The van der Waals surface area contributed by atoms with Gasteiger partial charge in [-0.15, -0.1) is 0 Å². The highest BCUT2D eigenvalue weighted by Gasteiger charge is 2.43. The van der Waals surface area contributed by atoms with Gasteiger partial charge >= 0.3 is 5.24 Å². The molecule has 1 saturated carbocycles. The summed E-state index contributed by atoms with van der Waals surface area (Å²) < 4.78 is 21.9. The largest absolute Gasteiger partial charge is 0.451 e. The second kappa shape index (κ2) is 7.78. The summed E-state index contributed by atoms with van der Waals surface area (Å²) in [6, 6.07) is 9.26. The van der Waals surface area contributed by atoms with E-state index in [1.807, 2.05) is 30.3 Å². The van der Waals surface area contributed by atoms with E-state index in [0.29, 0.717) is 12.4 Å². The Kier molecular flexibility index (Phi) is 6.02. The summed E-state index contributed by atoms with van der Waals surface area (Å²) in [4.78, 5) is 0. The molecule has 1 aliphatic carbocycles. The van der Waals surface area contributed by atoms with Gasteiger partial charge in [0, 0.05) is 32.4 Å². The predicted molar refractivity (Wildman–Crippen MR) is 84.8 cm³/mol. The third-order valence-corrected chi connectivity index (χ3v) is 3.79. The smallest absolute Gasteiger partial charge is 0.358 e. The van der Waals surface area contributed by atoms with Crippen LogP contribution in [0.1, 0.15) is 6.42 Å². The number of hydrogen-bond acceptors (Lipinski definition) is 5. The maximum atomic E-state index is 6.13. The number of thiocarbonyl (C=S) groups is 1. The Morgan fingerprint density at radius 2 is 1.95 bits per heavy atom. The minimum absolute atomic E-state index is 0.0572. The van der Waals surface area contributed by atoms with Crippen LogP contribution in [0.3, 0.4) is 0 Å². The first-order valence-electron chi connectivity index (χ1n) is 6.86. The molecule has 1 fully saturated rings. The topological polar surface area (TPSA) is 36.9 Å². The first kappa shape index (κ1) is 16.3. The molecule has 4 atom stereocenters. The summed E-state index contributed by atoms with van der Waals surface area (Å²) >= 11 is 5.14. The van der Waals surface area contributed by atoms with Gasteiger partial charge in [0.25, 0.3) is 0 Å². The van der Waals surface area contributed by atoms with Gasteiger partial charge in [0.05, 0.1) is 20.6 Å². The van der Waals surface area contributed by atoms with Crippen LogP contribution < -0.4 is 4.74 Å². The fourth-order valence-electron chi connectivity index (χ4n) is 2.71. The first-order chi connectivity index (χ1) is 10.2. The Hall–Kier alpha value is -1.11. The summed E-state index contributed by atoms with van der Waals surface area (Å²) in [5.41, 5.74) is 0. The molecule has 0 aromatic heterocycles. The molecule has 2 unspecified atom stereocenters. The second-order valence-corrected chi connectivity index (χ2v) is 5.40. The molecule has 0 aliphatic heterocycles. The maximum absolute atomic E-state index is 6.13. The van der Waals surface area contributed by atoms with Crippen molar-refractivity contribution < 1.29 is 18.9 Å². The van der Waals surface area contributed by atoms with Crippen molar-refractivity contribution in [1.29, 1.82) is 0 Å². The van der Waals surface area contributed by atoms with E-state index in [4.69, 9.17) is 39.0 Å². The van der Waals surface area contributed by atoms with Crippen molar-refractivity contribution in [2.75, 3.05) is 20.8 Å². The molecule has 0 spiro atoms. The van der Waals surface area contributed by atoms with E-state index >= 15 is 0 Å². The normalized spacial score (nSPS) is 28.3. The molecule has 2 radical (unpaired) electrons. The molecule has 1 aliphatic rings. The van der Waals surface area contributed by atoms with E-state index in [-0.39, 0.29) is 29.2 Å². The SMILES string of the molecule is [B][C@@H]1C[C@H](COC)C(OC)C1OC(=S)Oc1ccccc1. The molecule has 2 rings (SSSR count). The Labute approximate surface area is 132 Å². The fourth-order valence-corrected chi connectivity index (χ4v) is 2.91. The van der Waals surface area contributed by atoms with Crippen LogP contribution >= 0.6 is 12.2 Å². The van der Waals surface area contributed by atoms with Crippen molar-refractivity contribution in [2.24, 2.45) is 5.92 Å². The van der Waals surface area contributed by atoms with Gasteiger partial charge in [-0.2, -0.15) is 0 Å². The zero-order valence-corrected chi connectivity index (χ0v) is 13.0. The van der Waals surface area contributed by atoms with Crippen molar-refractivity contribution in [3.05, 3.63) is 30.3 Å². The van der Waals surface area contributed by atoms with Crippen LogP contribution in [0.4, 0.5) is 0 Å². The molecule has 0 bridgehead atoms. The van der Waals surface area contributed by atoms with Crippen molar-refractivity contribution in [3.8, 4) is 5.75 Å². The lowest BCUT2D eigenvalue weighted by Gasteiger charge is -2.25. The zero-order chi connectivity index (χ0) is 15.2. The molecular weight excluding hydrogens is 287 g/mol. The summed E-state index contributed by atoms with van der Waals surface area (Å²) in [7, 11) is 9.44. The van der Waals surface area contributed by atoms with E-state index in [1.54, 1.807) is 14.2 Å². The van der Waals surface area contributed by atoms with Crippen LogP contribution in [0.5, 0.6) is 5.75 Å². The quantitative estimate of drug-likeness (QED) is 0.617. The van der Waals surface area contributed by atoms with Gasteiger partial charge in [-0.1, -0.05) is 18.2 Å². The summed E-state index contributed by atoms with van der Waals surface area (Å²) in [5.74, 6) is 0.670. The number of benzene rings is 1. The van der Waals surface area contributed by atoms with Crippen LogP contribution in [-0.2, 0) is 14.2 Å². The van der Waals surface area contributed by atoms with Gasteiger partial charge in [0.2, 0.25) is 0 Å².